The molecular weight excluding hydrogens is 468 g/mol. The van der Waals surface area contributed by atoms with E-state index in [-0.39, 0.29) is 33.6 Å². The third-order valence-electron chi connectivity index (χ3n) is 5.55. The SMILES string of the molecule is O=C(OC[C@H]1O[C@@H](Oc2ccc(O)c3cccc(O)c23)[C@H](O)[C@@H](O)[C@@H]1O)c1cc(O)c(O)c(O)c1. The molecule has 1 aliphatic rings. The minimum absolute atomic E-state index is 0.00525. The van der Waals surface area contributed by atoms with E-state index in [0.29, 0.717) is 0 Å². The van der Waals surface area contributed by atoms with Gasteiger partial charge in [-0.3, -0.25) is 0 Å². The second-order valence-electron chi connectivity index (χ2n) is 7.88. The van der Waals surface area contributed by atoms with Crippen LogP contribution in [0.25, 0.3) is 10.8 Å². The van der Waals surface area contributed by atoms with Gasteiger partial charge in [-0.25, -0.2) is 4.79 Å². The minimum atomic E-state index is -1.77. The monoisotopic (exact) mass is 490 g/mol. The molecule has 12 nitrogen and oxygen atoms in total. The first-order chi connectivity index (χ1) is 16.6. The minimum Gasteiger partial charge on any atom is -0.507 e. The van der Waals surface area contributed by atoms with Crippen LogP contribution < -0.4 is 4.74 Å². The van der Waals surface area contributed by atoms with E-state index in [1.807, 2.05) is 0 Å². The lowest BCUT2D eigenvalue weighted by atomic mass is 9.99. The largest absolute Gasteiger partial charge is 0.507 e. The number of phenolic OH excluding ortho intramolecular Hbond substituents is 5. The van der Waals surface area contributed by atoms with Crippen LogP contribution in [0.4, 0.5) is 0 Å². The van der Waals surface area contributed by atoms with E-state index in [1.54, 1.807) is 0 Å². The highest BCUT2D eigenvalue weighted by atomic mass is 16.7. The number of benzene rings is 3. The molecule has 1 heterocycles. The molecule has 0 aromatic heterocycles. The van der Waals surface area contributed by atoms with E-state index in [0.717, 1.165) is 12.1 Å². The molecule has 0 aliphatic carbocycles. The highest BCUT2D eigenvalue weighted by Gasteiger charge is 2.45. The lowest BCUT2D eigenvalue weighted by Gasteiger charge is -2.40. The fourth-order valence-electron chi connectivity index (χ4n) is 3.68. The third kappa shape index (κ3) is 4.55. The number of hydrogen-bond acceptors (Lipinski definition) is 12. The average molecular weight is 490 g/mol. The Balaban J connectivity index is 1.52. The van der Waals surface area contributed by atoms with Crippen LogP contribution in [0.1, 0.15) is 10.4 Å². The number of carbonyl (C=O) groups excluding carboxylic acids is 1. The summed E-state index contributed by atoms with van der Waals surface area (Å²) in [6.07, 6.45) is -8.15. The van der Waals surface area contributed by atoms with Gasteiger partial charge in [0.1, 0.15) is 48.3 Å². The molecule has 0 spiro atoms. The highest BCUT2D eigenvalue weighted by molar-refractivity contribution is 5.97. The van der Waals surface area contributed by atoms with Gasteiger partial charge in [-0.2, -0.15) is 0 Å². The summed E-state index contributed by atoms with van der Waals surface area (Å²) in [5.74, 6) is -3.78. The summed E-state index contributed by atoms with van der Waals surface area (Å²) in [5.41, 5.74) is -0.317. The number of phenols is 5. The summed E-state index contributed by atoms with van der Waals surface area (Å²) in [6, 6.07) is 8.68. The van der Waals surface area contributed by atoms with Crippen molar-refractivity contribution < 1.29 is 59.9 Å². The van der Waals surface area contributed by atoms with E-state index in [4.69, 9.17) is 14.2 Å². The van der Waals surface area contributed by atoms with Crippen LogP contribution in [0.5, 0.6) is 34.5 Å². The molecule has 0 saturated carbocycles. The molecule has 1 fully saturated rings. The van der Waals surface area contributed by atoms with Crippen LogP contribution >= 0.6 is 0 Å². The Hall–Kier alpha value is -3.97. The zero-order valence-corrected chi connectivity index (χ0v) is 17.8. The van der Waals surface area contributed by atoms with E-state index in [1.165, 1.54) is 30.3 Å². The molecule has 186 valence electrons. The maximum absolute atomic E-state index is 12.3. The molecule has 35 heavy (non-hydrogen) atoms. The van der Waals surface area contributed by atoms with E-state index >= 15 is 0 Å². The van der Waals surface area contributed by atoms with Crippen molar-refractivity contribution in [2.45, 2.75) is 30.7 Å². The quantitative estimate of drug-likeness (QED) is 0.181. The van der Waals surface area contributed by atoms with Gasteiger partial charge in [0.05, 0.1) is 10.9 Å². The molecule has 1 aliphatic heterocycles. The Bertz CT molecular complexity index is 1240. The van der Waals surface area contributed by atoms with Crippen LogP contribution in [0, 0.1) is 0 Å². The zero-order valence-electron chi connectivity index (χ0n) is 17.8. The number of hydrogen-bond donors (Lipinski definition) is 8. The molecule has 0 bridgehead atoms. The Morgan fingerprint density at radius 1 is 0.829 bits per heavy atom. The van der Waals surface area contributed by atoms with Crippen LogP contribution in [0.15, 0.2) is 42.5 Å². The molecule has 12 heteroatoms. The van der Waals surface area contributed by atoms with Crippen molar-refractivity contribution in [3.63, 3.8) is 0 Å². The van der Waals surface area contributed by atoms with Gasteiger partial charge >= 0.3 is 5.97 Å². The molecule has 0 unspecified atom stereocenters. The van der Waals surface area contributed by atoms with Crippen molar-refractivity contribution in [3.05, 3.63) is 48.0 Å². The van der Waals surface area contributed by atoms with Crippen molar-refractivity contribution in [1.29, 1.82) is 0 Å². The summed E-state index contributed by atoms with van der Waals surface area (Å²) in [5, 5.41) is 80.0. The molecule has 1 saturated heterocycles. The smallest absolute Gasteiger partial charge is 0.338 e. The number of esters is 1. The van der Waals surface area contributed by atoms with Gasteiger partial charge in [-0.15, -0.1) is 0 Å². The highest BCUT2D eigenvalue weighted by Crippen LogP contribution is 2.39. The van der Waals surface area contributed by atoms with Gasteiger partial charge in [0.25, 0.3) is 0 Å². The number of rotatable bonds is 5. The Kier molecular flexibility index (Phi) is 6.45. The maximum atomic E-state index is 12.3. The van der Waals surface area contributed by atoms with Gasteiger partial charge in [-0.1, -0.05) is 12.1 Å². The van der Waals surface area contributed by atoms with Gasteiger partial charge in [-0.05, 0) is 30.3 Å². The number of ether oxygens (including phenoxy) is 3. The molecule has 5 atom stereocenters. The molecule has 3 aromatic carbocycles. The molecule has 0 radical (unpaired) electrons. The van der Waals surface area contributed by atoms with Crippen LogP contribution in [-0.2, 0) is 9.47 Å². The van der Waals surface area contributed by atoms with Crippen molar-refractivity contribution in [2.24, 2.45) is 0 Å². The molecule has 0 amide bonds. The first kappa shape index (κ1) is 24.2. The third-order valence-corrected chi connectivity index (χ3v) is 5.55. The van der Waals surface area contributed by atoms with Gasteiger partial charge in [0.2, 0.25) is 6.29 Å². The predicted octanol–water partition coefficient (Wildman–Crippen LogP) is 0.411. The van der Waals surface area contributed by atoms with Gasteiger partial charge in [0.15, 0.2) is 17.2 Å². The number of aliphatic hydroxyl groups is 3. The maximum Gasteiger partial charge on any atom is 0.338 e. The van der Waals surface area contributed by atoms with Crippen molar-refractivity contribution in [2.75, 3.05) is 6.61 Å². The predicted molar refractivity (Wildman–Crippen MR) is 116 cm³/mol. The Labute approximate surface area is 197 Å². The van der Waals surface area contributed by atoms with Crippen molar-refractivity contribution in [1.82, 2.24) is 0 Å². The second-order valence-corrected chi connectivity index (χ2v) is 7.88. The van der Waals surface area contributed by atoms with E-state index in [9.17, 15) is 45.6 Å². The summed E-state index contributed by atoms with van der Waals surface area (Å²) >= 11 is 0. The zero-order chi connectivity index (χ0) is 25.4. The first-order valence-corrected chi connectivity index (χ1v) is 10.3. The van der Waals surface area contributed by atoms with E-state index < -0.39 is 60.5 Å². The molecule has 4 rings (SSSR count). The van der Waals surface area contributed by atoms with Crippen molar-refractivity contribution >= 4 is 16.7 Å². The summed E-state index contributed by atoms with van der Waals surface area (Å²) in [7, 11) is 0. The fraction of sp³-hybridized carbons (Fsp3) is 0.261. The molecule has 8 N–H and O–H groups in total. The number of aliphatic hydroxyl groups excluding tert-OH is 3. The average Bonchev–Trinajstić information content (AvgIpc) is 2.83. The first-order valence-electron chi connectivity index (χ1n) is 10.3. The van der Waals surface area contributed by atoms with Crippen molar-refractivity contribution in [3.8, 4) is 34.5 Å². The number of carbonyl (C=O) groups is 1. The van der Waals surface area contributed by atoms with E-state index in [2.05, 4.69) is 0 Å². The van der Waals surface area contributed by atoms with Crippen LogP contribution in [-0.4, -0.2) is 84.1 Å². The lowest BCUT2D eigenvalue weighted by Crippen LogP contribution is -2.60. The fourth-order valence-corrected chi connectivity index (χ4v) is 3.68. The number of aromatic hydroxyl groups is 5. The summed E-state index contributed by atoms with van der Waals surface area (Å²) < 4.78 is 16.2. The topological polar surface area (TPSA) is 207 Å². The lowest BCUT2D eigenvalue weighted by molar-refractivity contribution is -0.277. The molecule has 3 aromatic rings. The summed E-state index contributed by atoms with van der Waals surface area (Å²) in [6.45, 7) is -0.631. The second kappa shape index (κ2) is 9.35. The Morgan fingerprint density at radius 2 is 1.51 bits per heavy atom. The normalized spacial score (nSPS) is 24.3. The van der Waals surface area contributed by atoms with Gasteiger partial charge < -0.3 is 55.1 Å². The molecular formula is C23H22O12. The van der Waals surface area contributed by atoms with Crippen LogP contribution in [0.3, 0.4) is 0 Å². The standard InChI is InChI=1S/C23H22O12/c24-11-4-5-15(17-10(11)2-1-3-12(17)25)34-23-21(31)20(30)19(29)16(35-23)8-33-22(32)9-6-13(26)18(28)14(27)7-9/h1-7,16,19-21,23-31H,8H2/t16-,19-,20+,21-,23-/m1/s1. The summed E-state index contributed by atoms with van der Waals surface area (Å²) in [4.78, 5) is 12.3. The number of fused-ring (bicyclic) bond motifs is 1. The Morgan fingerprint density at radius 3 is 2.20 bits per heavy atom. The van der Waals surface area contributed by atoms with Crippen LogP contribution in [0.2, 0.25) is 0 Å². The van der Waals surface area contributed by atoms with Gasteiger partial charge in [0, 0.05) is 5.39 Å².